The summed E-state index contributed by atoms with van der Waals surface area (Å²) in [6.45, 7) is 8.34. The van der Waals surface area contributed by atoms with Gasteiger partial charge >= 0.3 is 0 Å². The van der Waals surface area contributed by atoms with Crippen LogP contribution < -0.4 is 5.32 Å². The molecule has 1 N–H and O–H groups in total. The molecular formula is C14H19N5O. The first kappa shape index (κ1) is 13.1. The molecule has 20 heavy (non-hydrogen) atoms. The molecule has 0 saturated carbocycles. The lowest BCUT2D eigenvalue weighted by atomic mass is 10.2. The van der Waals surface area contributed by atoms with Crippen LogP contribution in [0, 0.1) is 13.8 Å². The lowest BCUT2D eigenvalue weighted by molar-refractivity contribution is 0.0657. The van der Waals surface area contributed by atoms with Gasteiger partial charge in [0.2, 0.25) is 0 Å². The standard InChI is InChI=1S/C14H19N5O/c1-9-6-10(2)19-13(17-9)12(8-16-19)14(20)18-5-4-15-7-11(18)3/h6,8,11,15H,4-5,7H2,1-3H3. The van der Waals surface area contributed by atoms with Gasteiger partial charge in [-0.3, -0.25) is 4.79 Å². The number of aryl methyl sites for hydroxylation is 2. The molecule has 0 bridgehead atoms. The number of amides is 1. The van der Waals surface area contributed by atoms with Crippen molar-refractivity contribution in [3.8, 4) is 0 Å². The number of aromatic nitrogens is 3. The molecule has 6 nitrogen and oxygen atoms in total. The predicted octanol–water partition coefficient (Wildman–Crippen LogP) is 0.780. The van der Waals surface area contributed by atoms with Gasteiger partial charge in [-0.1, -0.05) is 0 Å². The molecule has 1 aliphatic heterocycles. The Morgan fingerprint density at radius 1 is 1.45 bits per heavy atom. The molecule has 1 atom stereocenters. The highest BCUT2D eigenvalue weighted by Gasteiger charge is 2.27. The van der Waals surface area contributed by atoms with E-state index in [-0.39, 0.29) is 11.9 Å². The minimum absolute atomic E-state index is 0.0199. The minimum Gasteiger partial charge on any atom is -0.333 e. The molecule has 1 saturated heterocycles. The number of hydrogen-bond acceptors (Lipinski definition) is 4. The molecule has 1 aliphatic rings. The van der Waals surface area contributed by atoms with Gasteiger partial charge in [-0.15, -0.1) is 0 Å². The summed E-state index contributed by atoms with van der Waals surface area (Å²) in [4.78, 5) is 19.1. The quantitative estimate of drug-likeness (QED) is 0.834. The zero-order valence-corrected chi connectivity index (χ0v) is 12.1. The van der Waals surface area contributed by atoms with E-state index in [1.807, 2.05) is 24.8 Å². The average molecular weight is 273 g/mol. The third kappa shape index (κ3) is 2.06. The zero-order chi connectivity index (χ0) is 14.3. The van der Waals surface area contributed by atoms with Crippen molar-refractivity contribution in [3.05, 3.63) is 29.2 Å². The Bertz CT molecular complexity index is 663. The van der Waals surface area contributed by atoms with E-state index < -0.39 is 0 Å². The molecule has 0 aromatic carbocycles. The van der Waals surface area contributed by atoms with Gasteiger partial charge in [-0.2, -0.15) is 5.10 Å². The molecule has 6 heteroatoms. The smallest absolute Gasteiger partial charge is 0.259 e. The molecule has 0 aliphatic carbocycles. The van der Waals surface area contributed by atoms with Crippen molar-refractivity contribution in [1.82, 2.24) is 24.8 Å². The molecule has 3 rings (SSSR count). The third-order valence-electron chi connectivity index (χ3n) is 3.77. The van der Waals surface area contributed by atoms with Crippen LogP contribution in [0.2, 0.25) is 0 Å². The van der Waals surface area contributed by atoms with E-state index in [0.29, 0.717) is 11.2 Å². The van der Waals surface area contributed by atoms with Gasteiger partial charge in [0.15, 0.2) is 5.65 Å². The molecule has 1 unspecified atom stereocenters. The van der Waals surface area contributed by atoms with Crippen LogP contribution in [0.15, 0.2) is 12.3 Å². The summed E-state index contributed by atoms with van der Waals surface area (Å²) in [5.41, 5.74) is 3.13. The highest BCUT2D eigenvalue weighted by Crippen LogP contribution is 2.16. The van der Waals surface area contributed by atoms with Crippen LogP contribution in [-0.2, 0) is 0 Å². The van der Waals surface area contributed by atoms with Gasteiger partial charge in [0.25, 0.3) is 5.91 Å². The van der Waals surface area contributed by atoms with Crippen LogP contribution in [-0.4, -0.2) is 51.1 Å². The number of nitrogens with one attached hydrogen (secondary N) is 1. The molecule has 2 aromatic heterocycles. The van der Waals surface area contributed by atoms with Gasteiger partial charge in [0, 0.05) is 37.1 Å². The maximum Gasteiger partial charge on any atom is 0.259 e. The van der Waals surface area contributed by atoms with Gasteiger partial charge in [0.1, 0.15) is 5.56 Å². The largest absolute Gasteiger partial charge is 0.333 e. The van der Waals surface area contributed by atoms with Crippen LogP contribution in [0.1, 0.15) is 28.7 Å². The SMILES string of the molecule is Cc1cc(C)n2ncc(C(=O)N3CCNCC3C)c2n1. The summed E-state index contributed by atoms with van der Waals surface area (Å²) in [7, 11) is 0. The topological polar surface area (TPSA) is 62.5 Å². The van der Waals surface area contributed by atoms with Crippen molar-refractivity contribution in [2.45, 2.75) is 26.8 Å². The molecule has 1 fully saturated rings. The summed E-state index contributed by atoms with van der Waals surface area (Å²) >= 11 is 0. The first-order valence-corrected chi connectivity index (χ1v) is 6.91. The fraction of sp³-hybridized carbons (Fsp3) is 0.500. The van der Waals surface area contributed by atoms with E-state index in [2.05, 4.69) is 22.3 Å². The number of carbonyl (C=O) groups is 1. The van der Waals surface area contributed by atoms with Crippen LogP contribution >= 0.6 is 0 Å². The van der Waals surface area contributed by atoms with Crippen molar-refractivity contribution >= 4 is 11.6 Å². The number of rotatable bonds is 1. The van der Waals surface area contributed by atoms with E-state index in [1.54, 1.807) is 10.7 Å². The summed E-state index contributed by atoms with van der Waals surface area (Å²) in [6, 6.07) is 2.15. The van der Waals surface area contributed by atoms with E-state index in [4.69, 9.17) is 0 Å². The monoisotopic (exact) mass is 273 g/mol. The molecule has 0 spiro atoms. The van der Waals surface area contributed by atoms with Crippen molar-refractivity contribution < 1.29 is 4.79 Å². The Morgan fingerprint density at radius 2 is 2.25 bits per heavy atom. The number of piperazine rings is 1. The second kappa shape index (κ2) is 4.86. The number of fused-ring (bicyclic) bond motifs is 1. The zero-order valence-electron chi connectivity index (χ0n) is 12.1. The second-order valence-electron chi connectivity index (χ2n) is 5.38. The molecular weight excluding hydrogens is 254 g/mol. The highest BCUT2D eigenvalue weighted by molar-refractivity contribution is 5.99. The predicted molar refractivity (Wildman–Crippen MR) is 75.8 cm³/mol. The Balaban J connectivity index is 2.03. The van der Waals surface area contributed by atoms with Crippen molar-refractivity contribution in [2.75, 3.05) is 19.6 Å². The summed E-state index contributed by atoms with van der Waals surface area (Å²) in [5, 5.41) is 7.58. The highest BCUT2D eigenvalue weighted by atomic mass is 16.2. The normalized spacial score (nSPS) is 19.6. The van der Waals surface area contributed by atoms with Gasteiger partial charge in [-0.05, 0) is 26.8 Å². The van der Waals surface area contributed by atoms with E-state index in [0.717, 1.165) is 31.0 Å². The first-order valence-electron chi connectivity index (χ1n) is 6.91. The van der Waals surface area contributed by atoms with E-state index >= 15 is 0 Å². The molecule has 2 aromatic rings. The Kier molecular flexibility index (Phi) is 3.17. The molecule has 1 amide bonds. The Morgan fingerprint density at radius 3 is 3.00 bits per heavy atom. The Labute approximate surface area is 117 Å². The lowest BCUT2D eigenvalue weighted by Crippen LogP contribution is -2.52. The van der Waals surface area contributed by atoms with E-state index in [9.17, 15) is 4.79 Å². The van der Waals surface area contributed by atoms with Crippen LogP contribution in [0.25, 0.3) is 5.65 Å². The maximum atomic E-state index is 12.7. The third-order valence-corrected chi connectivity index (χ3v) is 3.77. The van der Waals surface area contributed by atoms with Crippen molar-refractivity contribution in [1.29, 1.82) is 0 Å². The van der Waals surface area contributed by atoms with Crippen LogP contribution in [0.3, 0.4) is 0 Å². The second-order valence-corrected chi connectivity index (χ2v) is 5.38. The van der Waals surface area contributed by atoms with Gasteiger partial charge in [-0.25, -0.2) is 9.50 Å². The van der Waals surface area contributed by atoms with E-state index in [1.165, 1.54) is 0 Å². The Hall–Kier alpha value is -1.95. The number of nitrogens with zero attached hydrogens (tertiary/aromatic N) is 4. The number of hydrogen-bond donors (Lipinski definition) is 1. The molecule has 0 radical (unpaired) electrons. The van der Waals surface area contributed by atoms with Crippen molar-refractivity contribution in [2.24, 2.45) is 0 Å². The summed E-state index contributed by atoms with van der Waals surface area (Å²) < 4.78 is 1.73. The summed E-state index contributed by atoms with van der Waals surface area (Å²) in [5.74, 6) is 0.0199. The first-order chi connectivity index (χ1) is 9.58. The van der Waals surface area contributed by atoms with Gasteiger partial charge in [0.05, 0.1) is 6.20 Å². The minimum atomic E-state index is 0.0199. The average Bonchev–Trinajstić information content (AvgIpc) is 2.82. The molecule has 106 valence electrons. The summed E-state index contributed by atoms with van der Waals surface area (Å²) in [6.07, 6.45) is 1.63. The fourth-order valence-corrected chi connectivity index (χ4v) is 2.72. The maximum absolute atomic E-state index is 12.7. The number of carbonyl (C=O) groups excluding carboxylic acids is 1. The van der Waals surface area contributed by atoms with Crippen LogP contribution in [0.5, 0.6) is 0 Å². The van der Waals surface area contributed by atoms with Crippen molar-refractivity contribution in [3.63, 3.8) is 0 Å². The lowest BCUT2D eigenvalue weighted by Gasteiger charge is -2.33. The van der Waals surface area contributed by atoms with Gasteiger partial charge < -0.3 is 10.2 Å². The molecule has 3 heterocycles. The van der Waals surface area contributed by atoms with Crippen LogP contribution in [0.4, 0.5) is 0 Å². The fourth-order valence-electron chi connectivity index (χ4n) is 2.72.